The zero-order chi connectivity index (χ0) is 25.4. The fraction of sp³-hybridized carbons (Fsp3) is 0.0870. The Morgan fingerprint density at radius 1 is 1.00 bits per heavy atom. The number of carbonyl (C=O) groups is 2. The van der Waals surface area contributed by atoms with Gasteiger partial charge in [-0.15, -0.1) is 0 Å². The van der Waals surface area contributed by atoms with Crippen molar-refractivity contribution in [2.24, 2.45) is 5.10 Å². The molecule has 0 saturated carbocycles. The number of hydrogen-bond donors (Lipinski definition) is 2. The molecule has 0 radical (unpaired) electrons. The van der Waals surface area contributed by atoms with Crippen LogP contribution in [-0.4, -0.2) is 40.2 Å². The van der Waals surface area contributed by atoms with Crippen LogP contribution in [-0.2, 0) is 14.8 Å². The lowest BCUT2D eigenvalue weighted by molar-refractivity contribution is -0.119. The van der Waals surface area contributed by atoms with Crippen molar-refractivity contribution in [3.05, 3.63) is 87.9 Å². The van der Waals surface area contributed by atoms with Gasteiger partial charge < -0.3 is 9.47 Å². The molecule has 35 heavy (non-hydrogen) atoms. The molecule has 0 aliphatic rings. The number of hydrogen-bond acceptors (Lipinski definition) is 7. The molecule has 3 rings (SSSR count). The third-order valence-electron chi connectivity index (χ3n) is 4.42. The van der Waals surface area contributed by atoms with Crippen LogP contribution in [0.2, 0.25) is 10.0 Å². The number of ether oxygens (including phenoxy) is 2. The maximum atomic E-state index is 12.4. The molecule has 0 aromatic heterocycles. The summed E-state index contributed by atoms with van der Waals surface area (Å²) >= 11 is 11.9. The standard InChI is InChI=1S/C23H19Cl2N3O6S/c1-33-21-11-15(7-10-20(21)34-23(30)18-9-8-16(24)12-19(18)25)13-26-28-22(29)14-27-35(31,32)17-5-3-2-4-6-17/h2-13,27H,14H2,1H3,(H,28,29)/b26-13-. The first-order valence-corrected chi connectivity index (χ1v) is 12.2. The molecule has 3 aromatic carbocycles. The third-order valence-corrected chi connectivity index (χ3v) is 6.39. The Bertz CT molecular complexity index is 1360. The molecule has 0 aliphatic carbocycles. The molecule has 1 amide bonds. The summed E-state index contributed by atoms with van der Waals surface area (Å²) in [5, 5.41) is 4.32. The van der Waals surface area contributed by atoms with E-state index in [0.29, 0.717) is 10.6 Å². The van der Waals surface area contributed by atoms with Gasteiger partial charge in [0, 0.05) is 5.02 Å². The van der Waals surface area contributed by atoms with E-state index in [0.717, 1.165) is 0 Å². The second kappa shape index (κ2) is 11.8. The number of methoxy groups -OCH3 is 1. The summed E-state index contributed by atoms with van der Waals surface area (Å²) in [4.78, 5) is 24.4. The lowest BCUT2D eigenvalue weighted by atomic mass is 10.2. The number of rotatable bonds is 9. The molecule has 3 aromatic rings. The largest absolute Gasteiger partial charge is 0.493 e. The Morgan fingerprint density at radius 3 is 2.43 bits per heavy atom. The van der Waals surface area contributed by atoms with Gasteiger partial charge in [-0.05, 0) is 54.1 Å². The van der Waals surface area contributed by atoms with Gasteiger partial charge in [0.25, 0.3) is 5.91 Å². The number of nitrogens with one attached hydrogen (secondary N) is 2. The van der Waals surface area contributed by atoms with Gasteiger partial charge in [0.05, 0.1) is 35.4 Å². The molecular formula is C23H19Cl2N3O6S. The Kier molecular flexibility index (Phi) is 8.83. The van der Waals surface area contributed by atoms with E-state index in [9.17, 15) is 18.0 Å². The summed E-state index contributed by atoms with van der Waals surface area (Å²) in [6.45, 7) is -0.500. The molecular weight excluding hydrogens is 517 g/mol. The number of benzene rings is 3. The average molecular weight is 536 g/mol. The van der Waals surface area contributed by atoms with Crippen LogP contribution in [0.25, 0.3) is 0 Å². The molecule has 0 heterocycles. The Hall–Kier alpha value is -3.44. The minimum Gasteiger partial charge on any atom is -0.493 e. The first-order valence-electron chi connectivity index (χ1n) is 9.91. The van der Waals surface area contributed by atoms with Gasteiger partial charge in [0.2, 0.25) is 10.0 Å². The van der Waals surface area contributed by atoms with E-state index in [1.807, 2.05) is 0 Å². The molecule has 182 valence electrons. The number of amides is 1. The highest BCUT2D eigenvalue weighted by atomic mass is 35.5. The van der Waals surface area contributed by atoms with Crippen molar-refractivity contribution in [1.82, 2.24) is 10.1 Å². The molecule has 0 fully saturated rings. The summed E-state index contributed by atoms with van der Waals surface area (Å²) in [5.41, 5.74) is 2.87. The summed E-state index contributed by atoms with van der Waals surface area (Å²) in [5.74, 6) is -0.996. The monoisotopic (exact) mass is 535 g/mol. The molecule has 2 N–H and O–H groups in total. The lowest BCUT2D eigenvalue weighted by Crippen LogP contribution is -2.34. The van der Waals surface area contributed by atoms with Gasteiger partial charge in [-0.2, -0.15) is 5.10 Å². The highest BCUT2D eigenvalue weighted by Gasteiger charge is 2.17. The first-order chi connectivity index (χ1) is 16.7. The van der Waals surface area contributed by atoms with Gasteiger partial charge in [0.15, 0.2) is 11.5 Å². The van der Waals surface area contributed by atoms with Crippen LogP contribution >= 0.6 is 23.2 Å². The zero-order valence-electron chi connectivity index (χ0n) is 18.2. The van der Waals surface area contributed by atoms with Crippen LogP contribution < -0.4 is 19.6 Å². The van der Waals surface area contributed by atoms with Crippen molar-refractivity contribution >= 4 is 51.3 Å². The highest BCUT2D eigenvalue weighted by Crippen LogP contribution is 2.29. The van der Waals surface area contributed by atoms with Gasteiger partial charge in [-0.25, -0.2) is 23.4 Å². The van der Waals surface area contributed by atoms with E-state index in [-0.39, 0.29) is 27.0 Å². The van der Waals surface area contributed by atoms with E-state index >= 15 is 0 Å². The van der Waals surface area contributed by atoms with Crippen molar-refractivity contribution in [1.29, 1.82) is 0 Å². The van der Waals surface area contributed by atoms with Gasteiger partial charge in [-0.3, -0.25) is 4.79 Å². The van der Waals surface area contributed by atoms with Crippen LogP contribution in [0.3, 0.4) is 0 Å². The van der Waals surface area contributed by atoms with E-state index in [2.05, 4.69) is 15.2 Å². The van der Waals surface area contributed by atoms with Crippen molar-refractivity contribution in [2.75, 3.05) is 13.7 Å². The zero-order valence-corrected chi connectivity index (χ0v) is 20.5. The van der Waals surface area contributed by atoms with Crippen LogP contribution in [0, 0.1) is 0 Å². The van der Waals surface area contributed by atoms with E-state index in [1.54, 1.807) is 24.3 Å². The Balaban J connectivity index is 1.59. The molecule has 0 bridgehead atoms. The Morgan fingerprint density at radius 2 is 1.74 bits per heavy atom. The second-order valence-corrected chi connectivity index (χ2v) is 9.47. The summed E-state index contributed by atoms with van der Waals surface area (Å²) in [6, 6.07) is 16.6. The van der Waals surface area contributed by atoms with Gasteiger partial charge in [0.1, 0.15) is 0 Å². The number of carbonyl (C=O) groups excluding carboxylic acids is 2. The third kappa shape index (κ3) is 7.27. The molecule has 0 aliphatic heterocycles. The molecule has 12 heteroatoms. The topological polar surface area (TPSA) is 123 Å². The second-order valence-electron chi connectivity index (χ2n) is 6.85. The minimum absolute atomic E-state index is 0.0440. The van der Waals surface area contributed by atoms with Crippen LogP contribution in [0.4, 0.5) is 0 Å². The highest BCUT2D eigenvalue weighted by molar-refractivity contribution is 7.89. The van der Waals surface area contributed by atoms with Crippen molar-refractivity contribution in [3.63, 3.8) is 0 Å². The number of halogens is 2. The van der Waals surface area contributed by atoms with Crippen LogP contribution in [0.5, 0.6) is 11.5 Å². The minimum atomic E-state index is -3.82. The molecule has 0 spiro atoms. The Labute approximate surface area is 211 Å². The lowest BCUT2D eigenvalue weighted by Gasteiger charge is -2.10. The van der Waals surface area contributed by atoms with Crippen LogP contribution in [0.1, 0.15) is 15.9 Å². The number of nitrogens with zero attached hydrogens (tertiary/aromatic N) is 1. The molecule has 0 atom stereocenters. The normalized spacial score (nSPS) is 11.3. The molecule has 0 unspecified atom stereocenters. The van der Waals surface area contributed by atoms with Crippen molar-refractivity contribution in [2.45, 2.75) is 4.90 Å². The SMILES string of the molecule is COc1cc(/C=N\NC(=O)CNS(=O)(=O)c2ccccc2)ccc1OC(=O)c1ccc(Cl)cc1Cl. The van der Waals surface area contributed by atoms with E-state index in [4.69, 9.17) is 32.7 Å². The quantitative estimate of drug-likeness (QED) is 0.186. The van der Waals surface area contributed by atoms with E-state index in [1.165, 1.54) is 55.8 Å². The average Bonchev–Trinajstić information content (AvgIpc) is 2.84. The van der Waals surface area contributed by atoms with Gasteiger partial charge in [-0.1, -0.05) is 41.4 Å². The fourth-order valence-corrected chi connectivity index (χ4v) is 4.21. The maximum absolute atomic E-state index is 12.4. The predicted molar refractivity (Wildman–Crippen MR) is 132 cm³/mol. The number of hydrazone groups is 1. The number of sulfonamides is 1. The van der Waals surface area contributed by atoms with Crippen molar-refractivity contribution in [3.8, 4) is 11.5 Å². The van der Waals surface area contributed by atoms with E-state index < -0.39 is 28.4 Å². The van der Waals surface area contributed by atoms with Crippen LogP contribution in [0.15, 0.2) is 76.7 Å². The summed E-state index contributed by atoms with van der Waals surface area (Å²) < 4.78 is 37.1. The number of esters is 1. The smallest absolute Gasteiger partial charge is 0.345 e. The maximum Gasteiger partial charge on any atom is 0.345 e. The van der Waals surface area contributed by atoms with Crippen molar-refractivity contribution < 1.29 is 27.5 Å². The predicted octanol–water partition coefficient (Wildman–Crippen LogP) is 3.65. The molecule has 0 saturated heterocycles. The van der Waals surface area contributed by atoms with Gasteiger partial charge >= 0.3 is 5.97 Å². The molecule has 9 nitrogen and oxygen atoms in total. The summed E-state index contributed by atoms with van der Waals surface area (Å²) in [7, 11) is -2.42. The summed E-state index contributed by atoms with van der Waals surface area (Å²) in [6.07, 6.45) is 1.31. The first kappa shape index (κ1) is 26.2. The fourth-order valence-electron chi connectivity index (χ4n) is 2.72.